The normalized spacial score (nSPS) is 0. The summed E-state index contributed by atoms with van der Waals surface area (Å²) in [6, 6.07) is 0. The van der Waals surface area contributed by atoms with Gasteiger partial charge in [-0.1, -0.05) is 0 Å². The summed E-state index contributed by atoms with van der Waals surface area (Å²) in [6.45, 7) is 0. The molecule has 0 radical (unpaired) electrons. The second kappa shape index (κ2) is 16.0. The summed E-state index contributed by atoms with van der Waals surface area (Å²) in [7, 11) is 0. The molecule has 0 spiro atoms. The van der Waals surface area contributed by atoms with Gasteiger partial charge in [-0.2, -0.15) is 0 Å². The second-order valence-corrected chi connectivity index (χ2v) is 0. The SMILES string of the molecule is [AlH3].[Ce].[Ti].[Zr]. The van der Waals surface area contributed by atoms with Crippen molar-refractivity contribution in [1.29, 1.82) is 0 Å². The van der Waals surface area contributed by atoms with Gasteiger partial charge in [-0.05, 0) is 0 Å². The van der Waals surface area contributed by atoms with Gasteiger partial charge in [0.2, 0.25) is 0 Å². The van der Waals surface area contributed by atoms with Crippen LogP contribution in [0.1, 0.15) is 0 Å². The van der Waals surface area contributed by atoms with Gasteiger partial charge in [-0.15, -0.1) is 0 Å². The second-order valence-electron chi connectivity index (χ2n) is 0. The molecule has 0 saturated carbocycles. The molecule has 0 saturated heterocycles. The third-order valence-electron chi connectivity index (χ3n) is 0. The molecule has 0 aromatic rings. The quantitative estimate of drug-likeness (QED) is 0.494. The van der Waals surface area contributed by atoms with Crippen molar-refractivity contribution in [2.45, 2.75) is 0 Å². The van der Waals surface area contributed by atoms with Crippen LogP contribution in [0.4, 0.5) is 0 Å². The Balaban J connectivity index is 0. The third-order valence-corrected chi connectivity index (χ3v) is 0. The van der Waals surface area contributed by atoms with E-state index in [9.17, 15) is 0 Å². The molecule has 4 heteroatoms. The average molecular weight is 309 g/mol. The van der Waals surface area contributed by atoms with Gasteiger partial charge in [0.05, 0.1) is 0 Å². The average Bonchev–Trinajstić information content (AvgIpc) is 0. The predicted molar refractivity (Wildman–Crippen MR) is 9.94 cm³/mol. The van der Waals surface area contributed by atoms with Crippen LogP contribution in [0.15, 0.2) is 0 Å². The fourth-order valence-electron chi connectivity index (χ4n) is 0. The fraction of sp³-hybridized carbons (Fsp3) is 0. The van der Waals surface area contributed by atoms with E-state index in [1.807, 2.05) is 0 Å². The van der Waals surface area contributed by atoms with Crippen LogP contribution >= 0.6 is 0 Å². The monoisotopic (exact) mass is 308 g/mol. The van der Waals surface area contributed by atoms with E-state index in [1.54, 1.807) is 0 Å². The van der Waals surface area contributed by atoms with Crippen molar-refractivity contribution < 1.29 is 89.7 Å². The van der Waals surface area contributed by atoms with Crippen molar-refractivity contribution >= 4 is 17.4 Å². The summed E-state index contributed by atoms with van der Waals surface area (Å²) in [4.78, 5) is 0. The number of hydrogen-bond donors (Lipinski definition) is 0. The molecule has 0 fully saturated rings. The standard InChI is InChI=1S/Al.Ce.Ti.Zr.3H. The van der Waals surface area contributed by atoms with Gasteiger partial charge >= 0.3 is 0 Å². The van der Waals surface area contributed by atoms with E-state index in [2.05, 4.69) is 0 Å². The van der Waals surface area contributed by atoms with E-state index >= 15 is 0 Å². The van der Waals surface area contributed by atoms with Crippen molar-refractivity contribution in [1.82, 2.24) is 0 Å². The summed E-state index contributed by atoms with van der Waals surface area (Å²) < 4.78 is 0. The zero-order chi connectivity index (χ0) is 0. The molecule has 0 aliphatic heterocycles. The Morgan fingerprint density at radius 1 is 1.00 bits per heavy atom. The van der Waals surface area contributed by atoms with Crippen LogP contribution < -0.4 is 0 Å². The van der Waals surface area contributed by atoms with Gasteiger partial charge in [-0.25, -0.2) is 0 Å². The summed E-state index contributed by atoms with van der Waals surface area (Å²) in [5.41, 5.74) is 0. The summed E-state index contributed by atoms with van der Waals surface area (Å²) >= 11 is 0. The molecule has 0 aliphatic carbocycles. The number of hydrogen-bond acceptors (Lipinski definition) is 0. The van der Waals surface area contributed by atoms with Crippen molar-refractivity contribution in [3.05, 3.63) is 0 Å². The van der Waals surface area contributed by atoms with E-state index in [0.717, 1.165) is 0 Å². The first-order chi connectivity index (χ1) is 0. The first-order valence-electron chi connectivity index (χ1n) is 0. The van der Waals surface area contributed by atoms with Gasteiger partial charge in [0.25, 0.3) is 0 Å². The minimum Gasteiger partial charge on any atom is 0 e. The van der Waals surface area contributed by atoms with Gasteiger partial charge in [0, 0.05) is 89.7 Å². The molecule has 0 nitrogen and oxygen atoms in total. The molecular weight excluding hydrogens is 306 g/mol. The summed E-state index contributed by atoms with van der Waals surface area (Å²) in [5.74, 6) is 0. The van der Waals surface area contributed by atoms with Gasteiger partial charge in [0.1, 0.15) is 0 Å². The predicted octanol–water partition coefficient (Wildman–Crippen LogP) is -1.19. The first-order valence-corrected chi connectivity index (χ1v) is 0. The van der Waals surface area contributed by atoms with E-state index < -0.39 is 0 Å². The molecule has 0 bridgehead atoms. The molecule has 0 aromatic heterocycles. The van der Waals surface area contributed by atoms with Crippen LogP contribution in [0.25, 0.3) is 0 Å². The van der Waals surface area contributed by atoms with Gasteiger partial charge in [-0.3, -0.25) is 0 Å². The maximum absolute atomic E-state index is 0. The van der Waals surface area contributed by atoms with Crippen molar-refractivity contribution in [2.75, 3.05) is 0 Å². The minimum atomic E-state index is 0. The maximum Gasteiger partial charge on any atom is 0.187 e. The minimum absolute atomic E-state index is 0. The van der Waals surface area contributed by atoms with Crippen molar-refractivity contribution in [2.24, 2.45) is 0 Å². The van der Waals surface area contributed by atoms with Crippen LogP contribution in [-0.2, 0) is 47.9 Å². The van der Waals surface area contributed by atoms with E-state index in [1.165, 1.54) is 0 Å². The topological polar surface area (TPSA) is 0 Å². The molecule has 0 aliphatic rings. The Morgan fingerprint density at radius 3 is 1.00 bits per heavy atom. The van der Waals surface area contributed by atoms with Crippen molar-refractivity contribution in [3.8, 4) is 0 Å². The first kappa shape index (κ1) is 25.8. The summed E-state index contributed by atoms with van der Waals surface area (Å²) in [5, 5.41) is 0. The van der Waals surface area contributed by atoms with Crippen LogP contribution in [0, 0.1) is 41.7 Å². The van der Waals surface area contributed by atoms with Crippen LogP contribution in [0.5, 0.6) is 0 Å². The van der Waals surface area contributed by atoms with E-state index in [-0.39, 0.29) is 107 Å². The molecule has 0 atom stereocenters. The largest absolute Gasteiger partial charge is 0.187 e. The van der Waals surface area contributed by atoms with Gasteiger partial charge < -0.3 is 0 Å². The Hall–Kier alpha value is 3.51. The van der Waals surface area contributed by atoms with Crippen molar-refractivity contribution in [3.63, 3.8) is 0 Å². The Morgan fingerprint density at radius 2 is 1.00 bits per heavy atom. The molecule has 0 N–H and O–H groups in total. The molecule has 18 valence electrons. The van der Waals surface area contributed by atoms with E-state index in [4.69, 9.17) is 0 Å². The number of rotatable bonds is 0. The van der Waals surface area contributed by atoms with Crippen LogP contribution in [0.3, 0.4) is 0 Å². The molecule has 0 rings (SSSR count). The molecule has 0 heterocycles. The molecular formula is H3AlCeTiZr. The molecule has 0 unspecified atom stereocenters. The van der Waals surface area contributed by atoms with Gasteiger partial charge in [0.15, 0.2) is 17.4 Å². The molecule has 0 aromatic carbocycles. The third kappa shape index (κ3) is 9.10. The Bertz CT molecular complexity index is 8.00. The zero-order valence-electron chi connectivity index (χ0n) is 1.50. The fourth-order valence-corrected chi connectivity index (χ4v) is 0. The summed E-state index contributed by atoms with van der Waals surface area (Å²) in [6.07, 6.45) is 0. The Kier molecular flexibility index (Phi) is 104. The van der Waals surface area contributed by atoms with Crippen LogP contribution in [0.2, 0.25) is 0 Å². The van der Waals surface area contributed by atoms with Crippen LogP contribution in [-0.4, -0.2) is 17.4 Å². The molecule has 4 heavy (non-hydrogen) atoms. The maximum atomic E-state index is 0. The Labute approximate surface area is 104 Å². The molecule has 0 amide bonds. The van der Waals surface area contributed by atoms with E-state index in [0.29, 0.717) is 0 Å². The zero-order valence-corrected chi connectivity index (χ0v) is 8.66. The smallest absolute Gasteiger partial charge is 0 e.